The molecule has 0 aromatic rings. The maximum Gasteiger partial charge on any atom is 0.411 e. The molecule has 1 amide bonds. The summed E-state index contributed by atoms with van der Waals surface area (Å²) in [6, 6.07) is -0.245. The van der Waals surface area contributed by atoms with Crippen LogP contribution in [-0.2, 0) is 14.3 Å². The Hall–Kier alpha value is -1.40. The van der Waals surface area contributed by atoms with E-state index in [0.29, 0.717) is 12.8 Å². The van der Waals surface area contributed by atoms with E-state index in [4.69, 9.17) is 9.47 Å². The number of halogens is 2. The molecule has 7 heteroatoms. The lowest BCUT2D eigenvalue weighted by molar-refractivity contribution is -0.208. The Morgan fingerprint density at radius 1 is 1.22 bits per heavy atom. The fourth-order valence-electron chi connectivity index (χ4n) is 3.50. The lowest BCUT2D eigenvalue weighted by Crippen LogP contribution is -2.61. The molecule has 2 aliphatic rings. The van der Waals surface area contributed by atoms with Crippen molar-refractivity contribution in [2.24, 2.45) is 5.41 Å². The van der Waals surface area contributed by atoms with E-state index in [0.717, 1.165) is 0 Å². The van der Waals surface area contributed by atoms with Crippen LogP contribution >= 0.6 is 0 Å². The van der Waals surface area contributed by atoms with Crippen LogP contribution in [0.4, 0.5) is 13.6 Å². The van der Waals surface area contributed by atoms with Crippen LogP contribution in [0.25, 0.3) is 0 Å². The Morgan fingerprint density at radius 3 is 2.22 bits per heavy atom. The van der Waals surface area contributed by atoms with E-state index in [1.165, 1.54) is 4.90 Å². The van der Waals surface area contributed by atoms with Gasteiger partial charge in [0.15, 0.2) is 0 Å². The van der Waals surface area contributed by atoms with Crippen molar-refractivity contribution in [3.63, 3.8) is 0 Å². The summed E-state index contributed by atoms with van der Waals surface area (Å²) in [6.07, 6.45) is 0.120. The highest BCUT2D eigenvalue weighted by Gasteiger charge is 2.63. The third-order valence-electron chi connectivity index (χ3n) is 4.28. The van der Waals surface area contributed by atoms with Gasteiger partial charge in [-0.05, 0) is 46.0 Å². The van der Waals surface area contributed by atoms with Gasteiger partial charge in [0.05, 0.1) is 6.61 Å². The molecule has 2 saturated carbocycles. The highest BCUT2D eigenvalue weighted by atomic mass is 19.3. The average Bonchev–Trinajstić information content (AvgIpc) is 2.27. The summed E-state index contributed by atoms with van der Waals surface area (Å²) in [5.41, 5.74) is -1.06. The summed E-state index contributed by atoms with van der Waals surface area (Å²) in [5, 5.41) is 0. The molecule has 0 atom stereocenters. The van der Waals surface area contributed by atoms with Crippen molar-refractivity contribution in [3.05, 3.63) is 0 Å². The number of rotatable bonds is 4. The van der Waals surface area contributed by atoms with Gasteiger partial charge in [-0.15, -0.1) is 0 Å². The Kier molecular flexibility index (Phi) is 4.61. The molecule has 0 saturated heterocycles. The summed E-state index contributed by atoms with van der Waals surface area (Å²) in [7, 11) is 0. The molecule has 0 aromatic carbocycles. The van der Waals surface area contributed by atoms with Crippen molar-refractivity contribution in [2.75, 3.05) is 13.2 Å². The van der Waals surface area contributed by atoms with Crippen LogP contribution in [-0.4, -0.2) is 47.7 Å². The third kappa shape index (κ3) is 4.32. The number of ether oxygens (including phenoxy) is 2. The molecule has 0 N–H and O–H groups in total. The minimum Gasteiger partial charge on any atom is -0.465 e. The normalized spacial score (nSPS) is 22.0. The predicted molar refractivity (Wildman–Crippen MR) is 79.2 cm³/mol. The number of hydrogen-bond acceptors (Lipinski definition) is 4. The van der Waals surface area contributed by atoms with Crippen molar-refractivity contribution in [2.45, 2.75) is 70.9 Å². The van der Waals surface area contributed by atoms with Gasteiger partial charge in [0.25, 0.3) is 0 Å². The summed E-state index contributed by atoms with van der Waals surface area (Å²) >= 11 is 0. The minimum atomic E-state index is -2.58. The van der Waals surface area contributed by atoms with E-state index in [1.807, 2.05) is 0 Å². The van der Waals surface area contributed by atoms with Gasteiger partial charge in [-0.3, -0.25) is 9.69 Å². The summed E-state index contributed by atoms with van der Waals surface area (Å²) in [4.78, 5) is 25.4. The molecular formula is C16H25F2NO4. The van der Waals surface area contributed by atoms with Crippen LogP contribution in [0.5, 0.6) is 0 Å². The van der Waals surface area contributed by atoms with E-state index in [-0.39, 0.29) is 37.5 Å². The average molecular weight is 333 g/mol. The Balaban J connectivity index is 1.97. The van der Waals surface area contributed by atoms with Crippen LogP contribution in [0.1, 0.15) is 53.4 Å². The fourth-order valence-corrected chi connectivity index (χ4v) is 3.50. The van der Waals surface area contributed by atoms with E-state index in [1.54, 1.807) is 27.7 Å². The van der Waals surface area contributed by atoms with E-state index in [9.17, 15) is 18.4 Å². The number of amides is 1. The van der Waals surface area contributed by atoms with Crippen LogP contribution in [0, 0.1) is 5.41 Å². The number of alkyl halides is 2. The lowest BCUT2D eigenvalue weighted by Gasteiger charge is -2.59. The molecule has 132 valence electrons. The number of esters is 1. The van der Waals surface area contributed by atoms with Crippen molar-refractivity contribution in [1.82, 2.24) is 4.90 Å². The van der Waals surface area contributed by atoms with Gasteiger partial charge in [-0.2, -0.15) is 0 Å². The first kappa shape index (κ1) is 17.9. The Bertz CT molecular complexity index is 471. The molecule has 2 fully saturated rings. The van der Waals surface area contributed by atoms with Crippen LogP contribution < -0.4 is 0 Å². The first-order valence-corrected chi connectivity index (χ1v) is 7.98. The zero-order valence-electron chi connectivity index (χ0n) is 14.2. The lowest BCUT2D eigenvalue weighted by atomic mass is 9.52. The van der Waals surface area contributed by atoms with Crippen molar-refractivity contribution < 1.29 is 27.8 Å². The zero-order valence-corrected chi connectivity index (χ0v) is 14.2. The smallest absolute Gasteiger partial charge is 0.411 e. The molecule has 0 unspecified atom stereocenters. The first-order chi connectivity index (χ1) is 10.5. The van der Waals surface area contributed by atoms with E-state index >= 15 is 0 Å². The maximum atomic E-state index is 13.1. The van der Waals surface area contributed by atoms with Gasteiger partial charge in [0.1, 0.15) is 12.1 Å². The van der Waals surface area contributed by atoms with Gasteiger partial charge >= 0.3 is 12.1 Å². The van der Waals surface area contributed by atoms with Crippen molar-refractivity contribution in [3.8, 4) is 0 Å². The molecule has 1 spiro atoms. The monoisotopic (exact) mass is 333 g/mol. The van der Waals surface area contributed by atoms with E-state index < -0.39 is 23.6 Å². The molecule has 0 heterocycles. The molecule has 0 aromatic heterocycles. The molecule has 23 heavy (non-hydrogen) atoms. The van der Waals surface area contributed by atoms with Crippen LogP contribution in [0.3, 0.4) is 0 Å². The van der Waals surface area contributed by atoms with Gasteiger partial charge in [0.2, 0.25) is 5.92 Å². The molecule has 0 aliphatic heterocycles. The SMILES string of the molecule is CCOC(=O)CN(C(=O)OC(C)(C)C)C1CC2(C1)CC(F)(F)C2. The van der Waals surface area contributed by atoms with Gasteiger partial charge in [-0.25, -0.2) is 13.6 Å². The van der Waals surface area contributed by atoms with Crippen molar-refractivity contribution in [1.29, 1.82) is 0 Å². The highest BCUT2D eigenvalue weighted by molar-refractivity contribution is 5.78. The predicted octanol–water partition coefficient (Wildman–Crippen LogP) is 3.36. The van der Waals surface area contributed by atoms with Gasteiger partial charge in [-0.1, -0.05) is 0 Å². The third-order valence-corrected chi connectivity index (χ3v) is 4.28. The molecular weight excluding hydrogens is 308 g/mol. The number of nitrogens with zero attached hydrogens (tertiary/aromatic N) is 1. The minimum absolute atomic E-state index is 0.127. The molecule has 0 radical (unpaired) electrons. The second-order valence-electron chi connectivity index (χ2n) is 7.68. The zero-order chi connectivity index (χ0) is 17.5. The van der Waals surface area contributed by atoms with Crippen LogP contribution in [0.15, 0.2) is 0 Å². The summed E-state index contributed by atoms with van der Waals surface area (Å²) in [5.74, 6) is -3.10. The first-order valence-electron chi connectivity index (χ1n) is 7.98. The summed E-state index contributed by atoms with van der Waals surface area (Å²) < 4.78 is 36.4. The van der Waals surface area contributed by atoms with E-state index in [2.05, 4.69) is 0 Å². The Labute approximate surface area is 135 Å². The second-order valence-corrected chi connectivity index (χ2v) is 7.68. The van der Waals surface area contributed by atoms with Gasteiger partial charge < -0.3 is 9.47 Å². The summed E-state index contributed by atoms with van der Waals surface area (Å²) in [6.45, 7) is 6.92. The standard InChI is InChI=1S/C16H25F2NO4/c1-5-22-12(20)8-19(13(21)23-14(2,3)4)11-6-15(7-11)9-16(17,18)10-15/h11H,5-10H2,1-4H3. The topological polar surface area (TPSA) is 55.8 Å². The number of carbonyl (C=O) groups is 2. The second kappa shape index (κ2) is 5.91. The maximum absolute atomic E-state index is 13.1. The molecule has 2 aliphatic carbocycles. The molecule has 2 rings (SSSR count). The largest absolute Gasteiger partial charge is 0.465 e. The van der Waals surface area contributed by atoms with Gasteiger partial charge in [0, 0.05) is 18.9 Å². The van der Waals surface area contributed by atoms with Crippen LogP contribution in [0.2, 0.25) is 0 Å². The molecule has 5 nitrogen and oxygen atoms in total. The van der Waals surface area contributed by atoms with Crippen molar-refractivity contribution >= 4 is 12.1 Å². The number of carbonyl (C=O) groups excluding carboxylic acids is 2. The highest BCUT2D eigenvalue weighted by Crippen LogP contribution is 2.63. The fraction of sp³-hybridized carbons (Fsp3) is 0.875. The Morgan fingerprint density at radius 2 is 1.78 bits per heavy atom. The number of hydrogen-bond donors (Lipinski definition) is 0. The molecule has 0 bridgehead atoms. The quantitative estimate of drug-likeness (QED) is 0.740.